The Bertz CT molecular complexity index is 285. The van der Waals surface area contributed by atoms with Crippen LogP contribution in [-0.2, 0) is 4.79 Å². The smallest absolute Gasteiger partial charge is 0.242 e. The molecule has 0 bridgehead atoms. The van der Waals surface area contributed by atoms with E-state index in [0.717, 1.165) is 11.5 Å². The molecule has 0 aliphatic heterocycles. The van der Waals surface area contributed by atoms with Crippen molar-refractivity contribution in [2.24, 2.45) is 5.73 Å². The maximum absolute atomic E-state index is 11.3. The second-order valence-electron chi connectivity index (χ2n) is 2.40. The third-order valence-electron chi connectivity index (χ3n) is 1.37. The summed E-state index contributed by atoms with van der Waals surface area (Å²) in [6.07, 6.45) is 3.54. The van der Waals surface area contributed by atoms with Gasteiger partial charge in [-0.2, -0.15) is 0 Å². The number of carbonyl (C=O) groups is 1. The van der Waals surface area contributed by atoms with Crippen LogP contribution in [0.3, 0.4) is 0 Å². The number of anilines is 1. The van der Waals surface area contributed by atoms with E-state index in [1.54, 1.807) is 6.08 Å². The Labute approximate surface area is 79.8 Å². The van der Waals surface area contributed by atoms with E-state index >= 15 is 0 Å². The second-order valence-corrected chi connectivity index (χ2v) is 3.19. The number of rotatable bonds is 4. The van der Waals surface area contributed by atoms with E-state index in [2.05, 4.69) is 21.5 Å². The van der Waals surface area contributed by atoms with Gasteiger partial charge in [0.1, 0.15) is 5.00 Å². The van der Waals surface area contributed by atoms with Crippen molar-refractivity contribution in [1.29, 1.82) is 0 Å². The molecule has 0 aliphatic carbocycles. The van der Waals surface area contributed by atoms with E-state index in [9.17, 15) is 4.79 Å². The summed E-state index contributed by atoms with van der Waals surface area (Å²) in [4.78, 5) is 11.3. The Balaban J connectivity index is 2.45. The minimum atomic E-state index is -0.556. The maximum Gasteiger partial charge on any atom is 0.242 e. The van der Waals surface area contributed by atoms with Gasteiger partial charge >= 0.3 is 0 Å². The van der Waals surface area contributed by atoms with E-state index in [-0.39, 0.29) is 5.91 Å². The Morgan fingerprint density at radius 1 is 1.92 bits per heavy atom. The first-order chi connectivity index (χ1) is 6.24. The molecule has 0 spiro atoms. The van der Waals surface area contributed by atoms with Crippen LogP contribution in [0, 0.1) is 0 Å². The molecule has 5 nitrogen and oxygen atoms in total. The maximum atomic E-state index is 11.3. The standard InChI is InChI=1S/C7H10N4OS/c1-2-3-5(8)7(12)10-6-4-9-11-13-6/h2,4-5H,1,3,8H2,(H,10,12). The zero-order valence-corrected chi connectivity index (χ0v) is 7.75. The lowest BCUT2D eigenvalue weighted by Crippen LogP contribution is -2.34. The number of hydrogen-bond donors (Lipinski definition) is 2. The van der Waals surface area contributed by atoms with E-state index < -0.39 is 6.04 Å². The van der Waals surface area contributed by atoms with E-state index in [4.69, 9.17) is 5.73 Å². The summed E-state index contributed by atoms with van der Waals surface area (Å²) in [7, 11) is 0. The van der Waals surface area contributed by atoms with E-state index in [1.165, 1.54) is 6.20 Å². The van der Waals surface area contributed by atoms with Gasteiger partial charge in [-0.1, -0.05) is 10.6 Å². The first-order valence-electron chi connectivity index (χ1n) is 3.68. The van der Waals surface area contributed by atoms with Crippen LogP contribution < -0.4 is 11.1 Å². The lowest BCUT2D eigenvalue weighted by Gasteiger charge is -2.07. The summed E-state index contributed by atoms with van der Waals surface area (Å²) in [5, 5.41) is 6.76. The van der Waals surface area contributed by atoms with Gasteiger partial charge in [0.15, 0.2) is 0 Å². The zero-order valence-electron chi connectivity index (χ0n) is 6.93. The van der Waals surface area contributed by atoms with Gasteiger partial charge in [-0.05, 0) is 6.42 Å². The van der Waals surface area contributed by atoms with Crippen LogP contribution in [0.25, 0.3) is 0 Å². The third-order valence-corrected chi connectivity index (χ3v) is 1.95. The molecule has 70 valence electrons. The van der Waals surface area contributed by atoms with Crippen LogP contribution in [-0.4, -0.2) is 21.5 Å². The molecule has 0 saturated carbocycles. The van der Waals surface area contributed by atoms with Crippen LogP contribution in [0.15, 0.2) is 18.9 Å². The van der Waals surface area contributed by atoms with Crippen molar-refractivity contribution < 1.29 is 4.79 Å². The Hall–Kier alpha value is -1.27. The average Bonchev–Trinajstić information content (AvgIpc) is 2.57. The number of nitrogens with two attached hydrogens (primary N) is 1. The summed E-state index contributed by atoms with van der Waals surface area (Å²) in [5.74, 6) is -0.244. The molecule has 6 heteroatoms. The lowest BCUT2D eigenvalue weighted by molar-refractivity contribution is -0.117. The molecule has 0 radical (unpaired) electrons. The molecule has 1 aromatic rings. The molecule has 3 N–H and O–H groups in total. The highest BCUT2D eigenvalue weighted by molar-refractivity contribution is 7.10. The first-order valence-corrected chi connectivity index (χ1v) is 4.46. The topological polar surface area (TPSA) is 80.9 Å². The summed E-state index contributed by atoms with van der Waals surface area (Å²) < 4.78 is 3.60. The number of amides is 1. The largest absolute Gasteiger partial charge is 0.320 e. The monoisotopic (exact) mass is 198 g/mol. The molecule has 13 heavy (non-hydrogen) atoms. The Kier molecular flexibility index (Phi) is 3.53. The van der Waals surface area contributed by atoms with Crippen molar-refractivity contribution in [1.82, 2.24) is 9.59 Å². The minimum absolute atomic E-state index is 0.244. The summed E-state index contributed by atoms with van der Waals surface area (Å²) in [5.41, 5.74) is 5.52. The van der Waals surface area contributed by atoms with Crippen molar-refractivity contribution in [2.75, 3.05) is 5.32 Å². The quantitative estimate of drug-likeness (QED) is 0.685. The zero-order chi connectivity index (χ0) is 9.68. The van der Waals surface area contributed by atoms with Crippen molar-refractivity contribution >= 4 is 22.4 Å². The molecule has 0 aliphatic rings. The van der Waals surface area contributed by atoms with Crippen molar-refractivity contribution in [3.63, 3.8) is 0 Å². The van der Waals surface area contributed by atoms with Crippen LogP contribution in [0.5, 0.6) is 0 Å². The molecular weight excluding hydrogens is 188 g/mol. The van der Waals surface area contributed by atoms with Gasteiger partial charge < -0.3 is 11.1 Å². The SMILES string of the molecule is C=CCC(N)C(=O)Nc1cnns1. The van der Waals surface area contributed by atoms with Gasteiger partial charge in [-0.15, -0.1) is 11.7 Å². The van der Waals surface area contributed by atoms with Gasteiger partial charge in [-0.25, -0.2) is 0 Å². The third kappa shape index (κ3) is 2.92. The van der Waals surface area contributed by atoms with E-state index in [1.807, 2.05) is 0 Å². The highest BCUT2D eigenvalue weighted by atomic mass is 32.1. The number of nitrogens with one attached hydrogen (secondary N) is 1. The molecule has 1 aromatic heterocycles. The van der Waals surface area contributed by atoms with Gasteiger partial charge in [0.05, 0.1) is 12.2 Å². The molecule has 0 aromatic carbocycles. The normalized spacial score (nSPS) is 12.1. The Morgan fingerprint density at radius 3 is 3.23 bits per heavy atom. The Morgan fingerprint density at radius 2 is 2.69 bits per heavy atom. The molecule has 0 fully saturated rings. The van der Waals surface area contributed by atoms with Gasteiger partial charge in [0.2, 0.25) is 5.91 Å². The fourth-order valence-electron chi connectivity index (χ4n) is 0.723. The predicted octanol–water partition coefficient (Wildman–Crippen LogP) is 0.380. The summed E-state index contributed by atoms with van der Waals surface area (Å²) in [6.45, 7) is 3.50. The number of aromatic nitrogens is 2. The van der Waals surface area contributed by atoms with Crippen LogP contribution in [0.2, 0.25) is 0 Å². The highest BCUT2D eigenvalue weighted by Gasteiger charge is 2.12. The van der Waals surface area contributed by atoms with Crippen molar-refractivity contribution in [2.45, 2.75) is 12.5 Å². The molecule has 0 saturated heterocycles. The molecule has 1 unspecified atom stereocenters. The molecular formula is C7H10N4OS. The molecule has 1 rings (SSSR count). The number of nitrogens with zero attached hydrogens (tertiary/aromatic N) is 2. The molecule has 1 amide bonds. The first kappa shape index (κ1) is 9.82. The van der Waals surface area contributed by atoms with Gasteiger partial charge in [0, 0.05) is 11.5 Å². The van der Waals surface area contributed by atoms with Gasteiger partial charge in [-0.3, -0.25) is 4.79 Å². The second kappa shape index (κ2) is 4.68. The minimum Gasteiger partial charge on any atom is -0.320 e. The van der Waals surface area contributed by atoms with Crippen LogP contribution in [0.4, 0.5) is 5.00 Å². The van der Waals surface area contributed by atoms with Crippen molar-refractivity contribution in [3.05, 3.63) is 18.9 Å². The summed E-state index contributed by atoms with van der Waals surface area (Å²) >= 11 is 1.11. The fourth-order valence-corrected chi connectivity index (χ4v) is 1.15. The summed E-state index contributed by atoms with van der Waals surface area (Å²) in [6, 6.07) is -0.556. The number of carbonyl (C=O) groups excluding carboxylic acids is 1. The van der Waals surface area contributed by atoms with Crippen molar-refractivity contribution in [3.8, 4) is 0 Å². The lowest BCUT2D eigenvalue weighted by atomic mass is 10.2. The van der Waals surface area contributed by atoms with Crippen LogP contribution in [0.1, 0.15) is 6.42 Å². The van der Waals surface area contributed by atoms with Gasteiger partial charge in [0.25, 0.3) is 0 Å². The highest BCUT2D eigenvalue weighted by Crippen LogP contribution is 2.09. The molecule has 1 heterocycles. The van der Waals surface area contributed by atoms with E-state index in [0.29, 0.717) is 11.4 Å². The van der Waals surface area contributed by atoms with Crippen LogP contribution >= 0.6 is 11.5 Å². The molecule has 1 atom stereocenters. The fraction of sp³-hybridized carbons (Fsp3) is 0.286. The number of hydrogen-bond acceptors (Lipinski definition) is 5. The predicted molar refractivity (Wildman–Crippen MR) is 51.3 cm³/mol. The average molecular weight is 198 g/mol.